The van der Waals surface area contributed by atoms with Gasteiger partial charge in [-0.15, -0.1) is 0 Å². The Kier molecular flexibility index (Phi) is 6.87. The summed E-state index contributed by atoms with van der Waals surface area (Å²) in [5.74, 6) is 1.68. The van der Waals surface area contributed by atoms with Crippen molar-refractivity contribution in [2.45, 2.75) is 18.9 Å². The molecule has 2 aromatic heterocycles. The fourth-order valence-corrected chi connectivity index (χ4v) is 4.56. The van der Waals surface area contributed by atoms with E-state index < -0.39 is 0 Å². The first-order chi connectivity index (χ1) is 18.0. The SMILES string of the molecule is C=CC(=O)N1CCC(N)C1.COc1cnc2nc(-c3ccc4c(c3)OCC4)c(-c3cccc(F)c3)n2c1. The number of carbonyl (C=O) groups excluding carboxylic acids is 1. The van der Waals surface area contributed by atoms with Gasteiger partial charge in [-0.3, -0.25) is 9.20 Å². The van der Waals surface area contributed by atoms with Gasteiger partial charge >= 0.3 is 0 Å². The summed E-state index contributed by atoms with van der Waals surface area (Å²) in [6.07, 6.45) is 6.59. The number of amides is 1. The average molecular weight is 502 g/mol. The van der Waals surface area contributed by atoms with Crippen molar-refractivity contribution in [2.75, 3.05) is 26.8 Å². The van der Waals surface area contributed by atoms with Crippen LogP contribution in [0.3, 0.4) is 0 Å². The van der Waals surface area contributed by atoms with Crippen molar-refractivity contribution in [2.24, 2.45) is 5.73 Å². The molecule has 190 valence electrons. The van der Waals surface area contributed by atoms with Gasteiger partial charge in [0.2, 0.25) is 11.7 Å². The highest BCUT2D eigenvalue weighted by Gasteiger charge is 2.22. The number of benzene rings is 2. The van der Waals surface area contributed by atoms with Crippen LogP contribution in [0.1, 0.15) is 12.0 Å². The van der Waals surface area contributed by atoms with E-state index in [1.807, 2.05) is 28.8 Å². The van der Waals surface area contributed by atoms with Crippen LogP contribution in [0.25, 0.3) is 28.3 Å². The van der Waals surface area contributed by atoms with Gasteiger partial charge in [-0.25, -0.2) is 14.4 Å². The summed E-state index contributed by atoms with van der Waals surface area (Å²) in [6, 6.07) is 12.7. The second-order valence-corrected chi connectivity index (χ2v) is 8.94. The largest absolute Gasteiger partial charge is 0.494 e. The number of methoxy groups -OCH3 is 1. The summed E-state index contributed by atoms with van der Waals surface area (Å²) in [7, 11) is 1.58. The second kappa shape index (κ2) is 10.4. The van der Waals surface area contributed by atoms with Crippen molar-refractivity contribution in [3.05, 3.63) is 78.9 Å². The number of rotatable bonds is 4. The van der Waals surface area contributed by atoms with Crippen LogP contribution in [0, 0.1) is 5.82 Å². The van der Waals surface area contributed by atoms with Crippen LogP contribution >= 0.6 is 0 Å². The van der Waals surface area contributed by atoms with Gasteiger partial charge in [-0.1, -0.05) is 30.8 Å². The molecule has 1 amide bonds. The molecule has 1 fully saturated rings. The number of hydrogen-bond acceptors (Lipinski definition) is 6. The first-order valence-electron chi connectivity index (χ1n) is 12.1. The fourth-order valence-electron chi connectivity index (χ4n) is 4.56. The molecular weight excluding hydrogens is 473 g/mol. The first kappa shape index (κ1) is 24.5. The van der Waals surface area contributed by atoms with Gasteiger partial charge in [-0.05, 0) is 36.3 Å². The van der Waals surface area contributed by atoms with Gasteiger partial charge in [0, 0.05) is 36.7 Å². The minimum atomic E-state index is -0.304. The molecule has 9 heteroatoms. The van der Waals surface area contributed by atoms with Crippen LogP contribution in [-0.4, -0.2) is 58.0 Å². The zero-order valence-electron chi connectivity index (χ0n) is 20.6. The van der Waals surface area contributed by atoms with E-state index in [0.717, 1.165) is 42.1 Å². The van der Waals surface area contributed by atoms with Gasteiger partial charge in [-0.2, -0.15) is 0 Å². The van der Waals surface area contributed by atoms with Crippen molar-refractivity contribution in [3.8, 4) is 34.0 Å². The Morgan fingerprint density at radius 1 is 1.27 bits per heavy atom. The number of aromatic nitrogens is 3. The highest BCUT2D eigenvalue weighted by Crippen LogP contribution is 2.37. The van der Waals surface area contributed by atoms with E-state index in [-0.39, 0.29) is 17.8 Å². The van der Waals surface area contributed by atoms with Crippen molar-refractivity contribution < 1.29 is 18.7 Å². The molecule has 0 aliphatic carbocycles. The predicted molar refractivity (Wildman–Crippen MR) is 139 cm³/mol. The Labute approximate surface area is 214 Å². The van der Waals surface area contributed by atoms with Crippen molar-refractivity contribution >= 4 is 11.7 Å². The van der Waals surface area contributed by atoms with Crippen LogP contribution in [0.2, 0.25) is 0 Å². The standard InChI is InChI=1S/C21H16FN3O2.C7H12N2O/c1-26-17-11-23-21-24-19(14-6-5-13-7-8-27-18(13)10-14)20(25(21)12-17)15-3-2-4-16(22)9-15;1-2-7(10)9-4-3-6(8)5-9/h2-6,9-12H,7-8H2,1H3;2,6H,1,3-5,8H2. The lowest BCUT2D eigenvalue weighted by Crippen LogP contribution is -2.30. The van der Waals surface area contributed by atoms with Gasteiger partial charge in [0.1, 0.15) is 11.6 Å². The van der Waals surface area contributed by atoms with E-state index in [9.17, 15) is 9.18 Å². The third kappa shape index (κ3) is 5.03. The van der Waals surface area contributed by atoms with E-state index >= 15 is 0 Å². The molecule has 2 aromatic carbocycles. The predicted octanol–water partition coefficient (Wildman–Crippen LogP) is 3.88. The molecule has 8 nitrogen and oxygen atoms in total. The first-order valence-corrected chi connectivity index (χ1v) is 12.1. The summed E-state index contributed by atoms with van der Waals surface area (Å²) < 4.78 is 26.8. The van der Waals surface area contributed by atoms with Gasteiger partial charge in [0.05, 0.1) is 37.5 Å². The lowest BCUT2D eigenvalue weighted by molar-refractivity contribution is -0.125. The lowest BCUT2D eigenvalue weighted by atomic mass is 10.0. The minimum Gasteiger partial charge on any atom is -0.494 e. The van der Waals surface area contributed by atoms with Gasteiger partial charge < -0.3 is 20.1 Å². The lowest BCUT2D eigenvalue weighted by Gasteiger charge is -2.11. The molecule has 1 unspecified atom stereocenters. The monoisotopic (exact) mass is 501 g/mol. The Hall–Kier alpha value is -4.24. The maximum Gasteiger partial charge on any atom is 0.246 e. The van der Waals surface area contributed by atoms with Crippen molar-refractivity contribution in [1.29, 1.82) is 0 Å². The maximum atomic E-state index is 13.9. The molecule has 2 N–H and O–H groups in total. The Morgan fingerprint density at radius 2 is 2.14 bits per heavy atom. The Morgan fingerprint density at radius 3 is 2.86 bits per heavy atom. The summed E-state index contributed by atoms with van der Waals surface area (Å²) in [5, 5.41) is 0. The third-order valence-electron chi connectivity index (χ3n) is 6.47. The molecule has 2 aliphatic heterocycles. The van der Waals surface area contributed by atoms with Crippen LogP contribution in [0.4, 0.5) is 4.39 Å². The van der Waals surface area contributed by atoms with Crippen molar-refractivity contribution in [3.63, 3.8) is 0 Å². The molecule has 37 heavy (non-hydrogen) atoms. The van der Waals surface area contributed by atoms with E-state index in [2.05, 4.69) is 17.6 Å². The van der Waals surface area contributed by atoms with Crippen LogP contribution in [0.5, 0.6) is 11.5 Å². The summed E-state index contributed by atoms with van der Waals surface area (Å²) in [6.45, 7) is 5.56. The molecule has 1 saturated heterocycles. The van der Waals surface area contributed by atoms with E-state index in [1.165, 1.54) is 23.8 Å². The summed E-state index contributed by atoms with van der Waals surface area (Å²) >= 11 is 0. The minimum absolute atomic E-state index is 0.00653. The van der Waals surface area contributed by atoms with Crippen LogP contribution < -0.4 is 15.2 Å². The van der Waals surface area contributed by atoms with E-state index in [1.54, 1.807) is 24.3 Å². The molecule has 6 rings (SSSR count). The summed E-state index contributed by atoms with van der Waals surface area (Å²) in [5.41, 5.74) is 9.88. The molecule has 0 saturated carbocycles. The fraction of sp³-hybridized carbons (Fsp3) is 0.250. The molecule has 0 radical (unpaired) electrons. The highest BCUT2D eigenvalue weighted by molar-refractivity contribution is 5.87. The number of fused-ring (bicyclic) bond motifs is 2. The molecule has 1 atom stereocenters. The number of nitrogens with two attached hydrogens (primary N) is 1. The number of hydrogen-bond donors (Lipinski definition) is 1. The number of imidazole rings is 1. The zero-order chi connectivity index (χ0) is 25.9. The summed E-state index contributed by atoms with van der Waals surface area (Å²) in [4.78, 5) is 21.7. The molecule has 4 heterocycles. The molecule has 0 spiro atoms. The average Bonchev–Trinajstić information content (AvgIpc) is 3.65. The van der Waals surface area contributed by atoms with Crippen LogP contribution in [0.15, 0.2) is 67.5 Å². The number of ether oxygens (including phenoxy) is 2. The van der Waals surface area contributed by atoms with Gasteiger partial charge in [0.15, 0.2) is 5.75 Å². The van der Waals surface area contributed by atoms with Gasteiger partial charge in [0.25, 0.3) is 0 Å². The van der Waals surface area contributed by atoms with E-state index in [4.69, 9.17) is 20.2 Å². The highest BCUT2D eigenvalue weighted by atomic mass is 19.1. The number of likely N-dealkylation sites (tertiary alicyclic amines) is 1. The third-order valence-corrected chi connectivity index (χ3v) is 6.47. The number of halogens is 1. The van der Waals surface area contributed by atoms with Crippen molar-refractivity contribution in [1.82, 2.24) is 19.3 Å². The normalized spacial score (nSPS) is 16.1. The molecule has 0 bridgehead atoms. The molecular formula is C28H28FN5O3. The molecule has 2 aliphatic rings. The quantitative estimate of drug-likeness (QED) is 0.427. The van der Waals surface area contributed by atoms with Crippen LogP contribution in [-0.2, 0) is 11.2 Å². The molecule has 4 aromatic rings. The topological polar surface area (TPSA) is 95.0 Å². The zero-order valence-corrected chi connectivity index (χ0v) is 20.6. The van der Waals surface area contributed by atoms with E-state index in [0.29, 0.717) is 30.2 Å². The number of nitrogens with zero attached hydrogens (tertiary/aromatic N) is 4. The maximum absolute atomic E-state index is 13.9. The Balaban J connectivity index is 0.000000237. The smallest absolute Gasteiger partial charge is 0.246 e. The Bertz CT molecular complexity index is 1470. The number of carbonyl (C=O) groups is 1. The second-order valence-electron chi connectivity index (χ2n) is 8.94.